The summed E-state index contributed by atoms with van der Waals surface area (Å²) in [5, 5.41) is 9.39. The van der Waals surface area contributed by atoms with E-state index in [1.165, 1.54) is 44.9 Å². The second kappa shape index (κ2) is 2.54. The maximum Gasteiger partial charge on any atom is 0.0690 e. The minimum absolute atomic E-state index is 0.1000. The van der Waals surface area contributed by atoms with Gasteiger partial charge in [-0.1, -0.05) is 19.8 Å². The van der Waals surface area contributed by atoms with Crippen molar-refractivity contribution >= 4 is 0 Å². The first-order valence-corrected chi connectivity index (χ1v) is 6.06. The molecule has 0 aliphatic heterocycles. The van der Waals surface area contributed by atoms with Crippen LogP contribution in [0.4, 0.5) is 0 Å². The lowest BCUT2D eigenvalue weighted by molar-refractivity contribution is 0.109. The minimum atomic E-state index is 0.1000. The zero-order valence-corrected chi connectivity index (χ0v) is 9.05. The van der Waals surface area contributed by atoms with Crippen LogP contribution in [0.15, 0.2) is 0 Å². The van der Waals surface area contributed by atoms with E-state index < -0.39 is 0 Å². The first kappa shape index (κ1) is 8.77. The van der Waals surface area contributed by atoms with Crippen molar-refractivity contribution in [3.05, 3.63) is 0 Å². The Morgan fingerprint density at radius 1 is 1.21 bits per heavy atom. The summed E-state index contributed by atoms with van der Waals surface area (Å²) in [7, 11) is 0. The summed E-state index contributed by atoms with van der Waals surface area (Å²) in [4.78, 5) is 0. The van der Waals surface area contributed by atoms with Crippen molar-refractivity contribution in [3.63, 3.8) is 0 Å². The molecule has 0 heterocycles. The van der Waals surface area contributed by atoms with Gasteiger partial charge in [-0.3, -0.25) is 0 Å². The molecule has 0 aromatic carbocycles. The van der Waals surface area contributed by atoms with E-state index in [0.29, 0.717) is 5.41 Å². The van der Waals surface area contributed by atoms with Crippen LogP contribution in [0.2, 0.25) is 0 Å². The third-order valence-electron chi connectivity index (χ3n) is 5.09. The molecule has 14 heavy (non-hydrogen) atoms. The van der Waals surface area contributed by atoms with Gasteiger partial charge in [0, 0.05) is 0 Å². The molecule has 0 saturated heterocycles. The number of hydrogen-bond acceptors (Lipinski definition) is 1. The second-order valence-corrected chi connectivity index (χ2v) is 6.40. The maximum atomic E-state index is 9.39. The SMILES string of the molecule is CC12CCCC3CC(C#N)(CC3C1)C2. The van der Waals surface area contributed by atoms with Crippen LogP contribution in [0.25, 0.3) is 0 Å². The molecule has 0 amide bonds. The zero-order valence-electron chi connectivity index (χ0n) is 9.05. The fourth-order valence-electron chi connectivity index (χ4n) is 4.78. The fraction of sp³-hybridized carbons (Fsp3) is 0.923. The van der Waals surface area contributed by atoms with E-state index in [1.54, 1.807) is 0 Å². The van der Waals surface area contributed by atoms with Crippen molar-refractivity contribution in [1.29, 1.82) is 5.26 Å². The zero-order chi connectivity index (χ0) is 9.81. The van der Waals surface area contributed by atoms with Gasteiger partial charge in [0.25, 0.3) is 0 Å². The van der Waals surface area contributed by atoms with Crippen molar-refractivity contribution in [2.75, 3.05) is 0 Å². The van der Waals surface area contributed by atoms with Crippen molar-refractivity contribution in [3.8, 4) is 6.07 Å². The molecule has 0 spiro atoms. The monoisotopic (exact) mass is 189 g/mol. The molecule has 1 nitrogen and oxygen atoms in total. The number of hydrogen-bond donors (Lipinski definition) is 0. The molecule has 3 aliphatic rings. The number of nitriles is 1. The molecule has 0 aromatic rings. The predicted octanol–water partition coefficient (Wildman–Crippen LogP) is 3.51. The number of nitrogens with zero attached hydrogens (tertiary/aromatic N) is 1. The molecule has 3 rings (SSSR count). The highest BCUT2D eigenvalue weighted by atomic mass is 14.6. The Morgan fingerprint density at radius 2 is 2.00 bits per heavy atom. The highest BCUT2D eigenvalue weighted by Crippen LogP contribution is 2.63. The Hall–Kier alpha value is -0.510. The number of fused-ring (bicyclic) bond motifs is 2. The van der Waals surface area contributed by atoms with Gasteiger partial charge in [0.15, 0.2) is 0 Å². The van der Waals surface area contributed by atoms with E-state index in [9.17, 15) is 5.26 Å². The highest BCUT2D eigenvalue weighted by molar-refractivity contribution is 5.13. The molecular formula is C13H19N. The summed E-state index contributed by atoms with van der Waals surface area (Å²) in [6.07, 6.45) is 9.27. The third kappa shape index (κ3) is 1.06. The van der Waals surface area contributed by atoms with Crippen LogP contribution in [-0.2, 0) is 0 Å². The molecule has 76 valence electrons. The van der Waals surface area contributed by atoms with Gasteiger partial charge in [-0.05, 0) is 49.4 Å². The normalized spacial score (nSPS) is 55.4. The van der Waals surface area contributed by atoms with Gasteiger partial charge < -0.3 is 0 Å². The molecule has 0 N–H and O–H groups in total. The molecule has 1 heteroatoms. The smallest absolute Gasteiger partial charge is 0.0690 e. The van der Waals surface area contributed by atoms with Crippen LogP contribution in [0.3, 0.4) is 0 Å². The van der Waals surface area contributed by atoms with Gasteiger partial charge in [-0.2, -0.15) is 5.26 Å². The van der Waals surface area contributed by atoms with E-state index >= 15 is 0 Å². The van der Waals surface area contributed by atoms with Gasteiger partial charge in [0.2, 0.25) is 0 Å². The molecule has 3 saturated carbocycles. The van der Waals surface area contributed by atoms with Gasteiger partial charge in [0.1, 0.15) is 0 Å². The van der Waals surface area contributed by atoms with Crippen LogP contribution >= 0.6 is 0 Å². The average Bonchev–Trinajstić information content (AvgIpc) is 2.32. The molecule has 3 bridgehead atoms. The topological polar surface area (TPSA) is 23.8 Å². The van der Waals surface area contributed by atoms with E-state index in [1.807, 2.05) is 0 Å². The first-order valence-electron chi connectivity index (χ1n) is 6.06. The van der Waals surface area contributed by atoms with Crippen LogP contribution in [0.5, 0.6) is 0 Å². The predicted molar refractivity (Wildman–Crippen MR) is 55.5 cm³/mol. The fourth-order valence-corrected chi connectivity index (χ4v) is 4.78. The Bertz CT molecular complexity index is 303. The summed E-state index contributed by atoms with van der Waals surface area (Å²) in [5.41, 5.74) is 0.618. The van der Waals surface area contributed by atoms with Gasteiger partial charge in [0.05, 0.1) is 11.5 Å². The first-order chi connectivity index (χ1) is 6.65. The Morgan fingerprint density at radius 3 is 2.79 bits per heavy atom. The number of rotatable bonds is 0. The highest BCUT2D eigenvalue weighted by Gasteiger charge is 2.55. The van der Waals surface area contributed by atoms with E-state index in [2.05, 4.69) is 13.0 Å². The summed E-state index contributed by atoms with van der Waals surface area (Å²) < 4.78 is 0. The summed E-state index contributed by atoms with van der Waals surface area (Å²) in [6, 6.07) is 2.66. The van der Waals surface area contributed by atoms with E-state index in [0.717, 1.165) is 11.8 Å². The van der Waals surface area contributed by atoms with Crippen molar-refractivity contribution in [2.24, 2.45) is 22.7 Å². The molecule has 3 fully saturated rings. The lowest BCUT2D eigenvalue weighted by Gasteiger charge is -2.40. The van der Waals surface area contributed by atoms with Crippen LogP contribution in [-0.4, -0.2) is 0 Å². The lowest BCUT2D eigenvalue weighted by Crippen LogP contribution is -2.32. The molecular weight excluding hydrogens is 170 g/mol. The standard InChI is InChI=1S/C13H19N/c1-12-4-2-3-10-6-13(8-12,9-14)7-11(10)5-12/h10-11H,2-8H2,1H3. The summed E-state index contributed by atoms with van der Waals surface area (Å²) in [6.45, 7) is 2.43. The van der Waals surface area contributed by atoms with Gasteiger partial charge in [-0.15, -0.1) is 0 Å². The van der Waals surface area contributed by atoms with Gasteiger partial charge in [-0.25, -0.2) is 0 Å². The Labute approximate surface area is 86.5 Å². The average molecular weight is 189 g/mol. The minimum Gasteiger partial charge on any atom is -0.198 e. The molecule has 4 atom stereocenters. The van der Waals surface area contributed by atoms with Crippen molar-refractivity contribution in [1.82, 2.24) is 0 Å². The largest absolute Gasteiger partial charge is 0.198 e. The summed E-state index contributed by atoms with van der Waals surface area (Å²) in [5.74, 6) is 1.80. The maximum absolute atomic E-state index is 9.39. The van der Waals surface area contributed by atoms with Gasteiger partial charge >= 0.3 is 0 Å². The third-order valence-corrected chi connectivity index (χ3v) is 5.09. The second-order valence-electron chi connectivity index (χ2n) is 6.40. The molecule has 0 radical (unpaired) electrons. The Kier molecular flexibility index (Phi) is 1.59. The van der Waals surface area contributed by atoms with Crippen molar-refractivity contribution < 1.29 is 0 Å². The van der Waals surface area contributed by atoms with Crippen LogP contribution in [0.1, 0.15) is 51.9 Å². The van der Waals surface area contributed by atoms with Crippen molar-refractivity contribution in [2.45, 2.75) is 51.9 Å². The van der Waals surface area contributed by atoms with E-state index in [4.69, 9.17) is 0 Å². The van der Waals surface area contributed by atoms with Crippen LogP contribution in [0, 0.1) is 34.0 Å². The van der Waals surface area contributed by atoms with Crippen LogP contribution < -0.4 is 0 Å². The quantitative estimate of drug-likeness (QED) is 0.572. The summed E-state index contributed by atoms with van der Waals surface area (Å²) >= 11 is 0. The molecule has 4 unspecified atom stereocenters. The Balaban J connectivity index is 2.01. The molecule has 3 aliphatic carbocycles. The lowest BCUT2D eigenvalue weighted by atomic mass is 9.63. The van der Waals surface area contributed by atoms with E-state index in [-0.39, 0.29) is 5.41 Å². The molecule has 0 aromatic heterocycles.